The molecule has 4 heteroatoms. The van der Waals surface area contributed by atoms with Crippen molar-refractivity contribution in [1.82, 2.24) is 0 Å². The quantitative estimate of drug-likeness (QED) is 0.788. The van der Waals surface area contributed by atoms with Crippen molar-refractivity contribution in [2.75, 3.05) is 12.0 Å². The molecule has 1 amide bonds. The van der Waals surface area contributed by atoms with Gasteiger partial charge in [-0.15, -0.1) is 0 Å². The van der Waals surface area contributed by atoms with Crippen LogP contribution in [0.25, 0.3) is 0 Å². The van der Waals surface area contributed by atoms with Gasteiger partial charge in [0, 0.05) is 0 Å². The summed E-state index contributed by atoms with van der Waals surface area (Å²) >= 11 is 0. The van der Waals surface area contributed by atoms with Gasteiger partial charge in [-0.1, -0.05) is 6.58 Å². The van der Waals surface area contributed by atoms with Gasteiger partial charge in [-0.25, -0.2) is 9.69 Å². The molecule has 0 atom stereocenters. The second-order valence-corrected chi connectivity index (χ2v) is 4.36. The zero-order valence-electron chi connectivity index (χ0n) is 10.2. The fraction of sp³-hybridized carbons (Fsp3) is 0.308. The summed E-state index contributed by atoms with van der Waals surface area (Å²) in [5.74, 6) is 0.742. The molecule has 0 saturated carbocycles. The smallest absolute Gasteiger partial charge is 0.419 e. The number of methoxy groups -OCH3 is 1. The summed E-state index contributed by atoms with van der Waals surface area (Å²) in [6.07, 6.45) is -0.398. The van der Waals surface area contributed by atoms with E-state index in [1.54, 1.807) is 31.4 Å². The summed E-state index contributed by atoms with van der Waals surface area (Å²) in [6, 6.07) is 7.18. The van der Waals surface area contributed by atoms with Crippen LogP contribution >= 0.6 is 0 Å². The normalized spacial score (nSPS) is 18.2. The molecule has 0 aliphatic carbocycles. The SMILES string of the molecule is C=C1N(c2ccc(OC)cc2)C(=O)OC1(C)C. The summed E-state index contributed by atoms with van der Waals surface area (Å²) in [6.45, 7) is 7.54. The molecule has 1 aliphatic rings. The number of cyclic esters (lactones) is 1. The molecular formula is C13H15NO3. The predicted molar refractivity (Wildman–Crippen MR) is 65.2 cm³/mol. The Morgan fingerprint density at radius 1 is 1.29 bits per heavy atom. The lowest BCUT2D eigenvalue weighted by Crippen LogP contribution is -2.24. The first-order valence-corrected chi connectivity index (χ1v) is 5.32. The van der Waals surface area contributed by atoms with Crippen LogP contribution in [0, 0.1) is 0 Å². The van der Waals surface area contributed by atoms with Crippen LogP contribution in [0.15, 0.2) is 36.5 Å². The molecule has 0 N–H and O–H groups in total. The molecule has 0 bridgehead atoms. The number of benzene rings is 1. The molecule has 1 heterocycles. The van der Waals surface area contributed by atoms with E-state index in [1.165, 1.54) is 4.90 Å². The largest absolute Gasteiger partial charge is 0.497 e. The van der Waals surface area contributed by atoms with E-state index in [0.29, 0.717) is 5.70 Å². The Hall–Kier alpha value is -1.97. The topological polar surface area (TPSA) is 38.8 Å². The van der Waals surface area contributed by atoms with Crippen molar-refractivity contribution in [2.24, 2.45) is 0 Å². The molecule has 17 heavy (non-hydrogen) atoms. The van der Waals surface area contributed by atoms with Crippen molar-refractivity contribution < 1.29 is 14.3 Å². The Morgan fingerprint density at radius 2 is 1.88 bits per heavy atom. The number of hydrogen-bond donors (Lipinski definition) is 0. The maximum atomic E-state index is 11.8. The number of carbonyl (C=O) groups is 1. The molecule has 0 unspecified atom stereocenters. The fourth-order valence-corrected chi connectivity index (χ4v) is 1.69. The van der Waals surface area contributed by atoms with E-state index in [4.69, 9.17) is 9.47 Å². The van der Waals surface area contributed by atoms with Gasteiger partial charge in [0.05, 0.1) is 18.5 Å². The summed E-state index contributed by atoms with van der Waals surface area (Å²) in [5.41, 5.74) is 0.704. The molecule has 0 spiro atoms. The number of carbonyl (C=O) groups excluding carboxylic acids is 1. The Balaban J connectivity index is 2.34. The Labute approximate surface area is 100 Å². The molecule has 90 valence electrons. The van der Waals surface area contributed by atoms with E-state index < -0.39 is 11.7 Å². The molecule has 1 aliphatic heterocycles. The first kappa shape index (κ1) is 11.5. The van der Waals surface area contributed by atoms with Gasteiger partial charge in [0.2, 0.25) is 0 Å². The van der Waals surface area contributed by atoms with E-state index in [2.05, 4.69) is 6.58 Å². The highest BCUT2D eigenvalue weighted by Crippen LogP contribution is 2.35. The summed E-state index contributed by atoms with van der Waals surface area (Å²) in [4.78, 5) is 13.2. The number of nitrogens with zero attached hydrogens (tertiary/aromatic N) is 1. The van der Waals surface area contributed by atoms with Crippen LogP contribution in [-0.2, 0) is 4.74 Å². The molecule has 0 radical (unpaired) electrons. The number of hydrogen-bond acceptors (Lipinski definition) is 3. The van der Waals surface area contributed by atoms with Gasteiger partial charge >= 0.3 is 6.09 Å². The van der Waals surface area contributed by atoms with Crippen LogP contribution in [-0.4, -0.2) is 18.8 Å². The lowest BCUT2D eigenvalue weighted by Gasteiger charge is -2.19. The van der Waals surface area contributed by atoms with Crippen molar-refractivity contribution in [3.05, 3.63) is 36.5 Å². The van der Waals surface area contributed by atoms with E-state index in [9.17, 15) is 4.79 Å². The van der Waals surface area contributed by atoms with Gasteiger partial charge in [-0.2, -0.15) is 0 Å². The monoisotopic (exact) mass is 233 g/mol. The average Bonchev–Trinajstić information content (AvgIpc) is 2.49. The molecule has 1 fully saturated rings. The summed E-state index contributed by atoms with van der Waals surface area (Å²) in [5, 5.41) is 0. The lowest BCUT2D eigenvalue weighted by atomic mass is 10.1. The standard InChI is InChI=1S/C13H15NO3/c1-9-13(2,3)17-12(15)14(9)10-5-7-11(16-4)8-6-10/h5-8H,1H2,2-4H3. The maximum absolute atomic E-state index is 11.8. The minimum Gasteiger partial charge on any atom is -0.497 e. The van der Waals surface area contributed by atoms with Crippen LogP contribution in [0.1, 0.15) is 13.8 Å². The first-order valence-electron chi connectivity index (χ1n) is 5.32. The zero-order chi connectivity index (χ0) is 12.6. The second-order valence-electron chi connectivity index (χ2n) is 4.36. The van der Waals surface area contributed by atoms with Gasteiger partial charge in [0.1, 0.15) is 11.4 Å². The molecule has 1 saturated heterocycles. The third kappa shape index (κ3) is 1.86. The van der Waals surface area contributed by atoms with Crippen molar-refractivity contribution in [2.45, 2.75) is 19.4 Å². The molecule has 1 aromatic rings. The fourth-order valence-electron chi connectivity index (χ4n) is 1.69. The Morgan fingerprint density at radius 3 is 2.29 bits per heavy atom. The van der Waals surface area contributed by atoms with E-state index in [0.717, 1.165) is 11.4 Å². The van der Waals surface area contributed by atoms with Crippen LogP contribution in [0.3, 0.4) is 0 Å². The van der Waals surface area contributed by atoms with E-state index >= 15 is 0 Å². The minimum atomic E-state index is -0.656. The zero-order valence-corrected chi connectivity index (χ0v) is 10.2. The van der Waals surface area contributed by atoms with Gasteiger partial charge in [-0.3, -0.25) is 0 Å². The minimum absolute atomic E-state index is 0.398. The molecule has 4 nitrogen and oxygen atoms in total. The van der Waals surface area contributed by atoms with Gasteiger partial charge < -0.3 is 9.47 Å². The Kier molecular flexibility index (Phi) is 2.58. The molecular weight excluding hydrogens is 218 g/mol. The number of ether oxygens (including phenoxy) is 2. The van der Waals surface area contributed by atoms with E-state index in [-0.39, 0.29) is 0 Å². The van der Waals surface area contributed by atoms with Crippen LogP contribution in [0.4, 0.5) is 10.5 Å². The number of anilines is 1. The van der Waals surface area contributed by atoms with Crippen LogP contribution in [0.2, 0.25) is 0 Å². The predicted octanol–water partition coefficient (Wildman–Crippen LogP) is 2.94. The van der Waals surface area contributed by atoms with Crippen LogP contribution < -0.4 is 9.64 Å². The van der Waals surface area contributed by atoms with Gasteiger partial charge in [0.15, 0.2) is 0 Å². The van der Waals surface area contributed by atoms with Crippen molar-refractivity contribution in [3.8, 4) is 5.75 Å². The summed E-state index contributed by atoms with van der Waals surface area (Å²) in [7, 11) is 1.60. The second kappa shape index (κ2) is 3.80. The maximum Gasteiger partial charge on any atom is 0.419 e. The first-order chi connectivity index (χ1) is 7.95. The van der Waals surface area contributed by atoms with E-state index in [1.807, 2.05) is 13.8 Å². The highest BCUT2D eigenvalue weighted by atomic mass is 16.6. The molecule has 2 rings (SSSR count). The third-order valence-corrected chi connectivity index (χ3v) is 2.82. The highest BCUT2D eigenvalue weighted by molar-refractivity contribution is 5.94. The highest BCUT2D eigenvalue weighted by Gasteiger charge is 2.42. The number of rotatable bonds is 2. The molecule has 1 aromatic carbocycles. The third-order valence-electron chi connectivity index (χ3n) is 2.82. The van der Waals surface area contributed by atoms with Gasteiger partial charge in [-0.05, 0) is 38.1 Å². The van der Waals surface area contributed by atoms with Crippen molar-refractivity contribution in [3.63, 3.8) is 0 Å². The number of amides is 1. The molecule has 0 aromatic heterocycles. The summed E-state index contributed by atoms with van der Waals surface area (Å²) < 4.78 is 10.3. The van der Waals surface area contributed by atoms with Gasteiger partial charge in [0.25, 0.3) is 0 Å². The van der Waals surface area contributed by atoms with Crippen molar-refractivity contribution in [1.29, 1.82) is 0 Å². The average molecular weight is 233 g/mol. The van der Waals surface area contributed by atoms with Crippen molar-refractivity contribution >= 4 is 11.8 Å². The van der Waals surface area contributed by atoms with Crippen LogP contribution in [0.5, 0.6) is 5.75 Å². The Bertz CT molecular complexity index is 462. The lowest BCUT2D eigenvalue weighted by molar-refractivity contribution is 0.0987.